The van der Waals surface area contributed by atoms with Crippen LogP contribution in [-0.4, -0.2) is 18.7 Å². The van der Waals surface area contributed by atoms with Crippen molar-refractivity contribution >= 4 is 57.7 Å². The van der Waals surface area contributed by atoms with E-state index in [4.69, 9.17) is 9.73 Å². The van der Waals surface area contributed by atoms with Crippen LogP contribution in [0.15, 0.2) is 205 Å². The Morgan fingerprint density at radius 3 is 0.886 bits per heavy atom. The summed E-state index contributed by atoms with van der Waals surface area (Å²) in [6.07, 6.45) is -36.4. The first-order valence-electron chi connectivity index (χ1n) is 39.4. The van der Waals surface area contributed by atoms with Gasteiger partial charge >= 0.3 is 49.4 Å². The number of allylic oxidation sites excluding steroid dienone is 4. The molecule has 1 spiro atoms. The van der Waals surface area contributed by atoms with Crippen LogP contribution in [0.4, 0.5) is 105 Å². The molecule has 0 aromatic heterocycles. The Balaban J connectivity index is 0.000000234. The van der Waals surface area contributed by atoms with Crippen molar-refractivity contribution in [2.45, 2.75) is 217 Å². The minimum absolute atomic E-state index is 0. The fourth-order valence-corrected chi connectivity index (χ4v) is 19.7. The van der Waals surface area contributed by atoms with Crippen molar-refractivity contribution in [3.05, 3.63) is 300 Å². The largest absolute Gasteiger partial charge is 0.475 e. The van der Waals surface area contributed by atoms with Crippen molar-refractivity contribution in [2.24, 2.45) is 4.99 Å². The number of ether oxygens (including phenoxy) is 1. The predicted molar refractivity (Wildman–Crippen MR) is 434 cm³/mol. The van der Waals surface area contributed by atoms with Crippen LogP contribution in [-0.2, 0) is 114 Å². The third kappa shape index (κ3) is 21.4. The molecule has 13 rings (SSSR count). The van der Waals surface area contributed by atoms with Crippen LogP contribution in [0.25, 0.3) is 0 Å². The number of halogens is 24. The van der Waals surface area contributed by atoms with Gasteiger partial charge in [-0.2, -0.15) is 127 Å². The van der Waals surface area contributed by atoms with Crippen LogP contribution in [0.2, 0.25) is 0 Å². The smallest absolute Gasteiger partial charge is 0.416 e. The summed E-state index contributed by atoms with van der Waals surface area (Å²) in [4.78, 5) is 5.30. The standard InChI is InChI=1S/C54H64NOP.C32H12BF24.C8H12.Ir/c1-50(2,3)38-28-39(51(4,5)6)31-42(30-38)57(43-32-40(52(7,8)9)29-41(33-43)53(10,11)12)46-23-17-21-37-25-27-54(48(37)46)26-24-36-20-16-22-44(47(36)54)49-55-45(34-56-49)35-18-14-13-15-19-35;34-25(35,36)13-1-14(26(37,38)39)6-21(5-13)33(22-7-15(27(40,41)42)2-16(8-22)28(43,44)45,23-9-17(29(46,47)48)3-18(10-23)30(49,50)51)24-11-19(31(52,53)54)4-20(12-24)32(55,56)57;1-2-4-6-8-7-5-3-1;/h13-23,28-33,45H,24-27,34H2,1-12H3;1-12H;1-2,7-8H,3-6H2;/q;-1;;/p+1/b;;2-1-,8-7-;/t45-,54+;;;/m1.../s1. The average molecular weight is 1940 g/mol. The van der Waals surface area contributed by atoms with Gasteiger partial charge in [0.1, 0.15) is 34.7 Å². The van der Waals surface area contributed by atoms with Gasteiger partial charge in [-0.25, -0.2) is 4.99 Å². The van der Waals surface area contributed by atoms with E-state index in [1.807, 2.05) is 0 Å². The molecule has 1 heterocycles. The zero-order valence-electron chi connectivity index (χ0n) is 68.8. The van der Waals surface area contributed by atoms with Gasteiger partial charge in [-0.1, -0.05) is 223 Å². The van der Waals surface area contributed by atoms with Gasteiger partial charge < -0.3 is 4.74 Å². The second-order valence-electron chi connectivity index (χ2n) is 35.7. The van der Waals surface area contributed by atoms with Crippen molar-refractivity contribution in [3.8, 4) is 0 Å². The molecule has 2 nitrogen and oxygen atoms in total. The van der Waals surface area contributed by atoms with Crippen LogP contribution in [0.3, 0.4) is 0 Å². The number of aryl methyl sites for hydroxylation is 2. The first-order chi connectivity index (χ1) is 56.0. The molecule has 9 aromatic carbocycles. The summed E-state index contributed by atoms with van der Waals surface area (Å²) in [5.41, 5.74) is -16.0. The molecule has 3 aliphatic carbocycles. The molecule has 0 saturated carbocycles. The fourth-order valence-electron chi connectivity index (χ4n) is 16.6. The Hall–Kier alpha value is -8.61. The molecular weight excluding hydrogens is 1850 g/mol. The van der Waals surface area contributed by atoms with Crippen LogP contribution in [0, 0.1) is 0 Å². The zero-order chi connectivity index (χ0) is 90.3. The number of fused-ring (bicyclic) bond motifs is 4. The van der Waals surface area contributed by atoms with Gasteiger partial charge in [0.2, 0.25) is 5.90 Å². The maximum absolute atomic E-state index is 14.2. The van der Waals surface area contributed by atoms with Gasteiger partial charge in [-0.3, -0.25) is 0 Å². The molecular formula is C94H89BF24IrNOP. The summed E-state index contributed by atoms with van der Waals surface area (Å²) in [7, 11) is -1.53. The number of hydrogen-bond acceptors (Lipinski definition) is 2. The van der Waals surface area contributed by atoms with E-state index in [1.54, 1.807) is 10.9 Å². The molecule has 4 aliphatic rings. The molecule has 0 saturated heterocycles. The van der Waals surface area contributed by atoms with E-state index < -0.39 is 203 Å². The molecule has 0 amide bonds. The third-order valence-electron chi connectivity index (χ3n) is 22.9. The molecule has 2 atom stereocenters. The molecule has 661 valence electrons. The van der Waals surface area contributed by atoms with E-state index in [1.165, 1.54) is 86.4 Å². The van der Waals surface area contributed by atoms with Crippen molar-refractivity contribution in [1.82, 2.24) is 0 Å². The monoisotopic (exact) mass is 1940 g/mol. The van der Waals surface area contributed by atoms with Crippen LogP contribution < -0.4 is 37.8 Å². The maximum atomic E-state index is 14.2. The fraction of sp³-hybridized carbons (Fsp3) is 0.372. The zero-order valence-corrected chi connectivity index (χ0v) is 72.2. The SMILES string of the molecule is C1=C\CC/C=C\CC/1.CC(C)(C)c1cc([PH+](c2cc(C(C)(C)C)cc(C(C)(C)C)c2)c2cccc3c2[C@@]2(CCc4cccc(C5=N[C@@H](c6ccccc6)CO5)c42)CC3)cc(C(C)(C)C)c1.FC(F)(F)c1cc([B-](c2cc(C(F)(F)F)cc(C(F)(F)F)c2)(c2cc(C(F)(F)F)cc(C(F)(F)F)c2)c2cc(C(F)(F)F)cc(C(F)(F)F)c2)cc(C(F)(F)F)c1.[Ir]. The Kier molecular flexibility index (Phi) is 27.2. The van der Waals surface area contributed by atoms with Gasteiger partial charge in [0.15, 0.2) is 0 Å². The molecule has 0 fully saturated rings. The summed E-state index contributed by atoms with van der Waals surface area (Å²) in [6.45, 7) is 29.2. The van der Waals surface area contributed by atoms with Gasteiger partial charge in [0.25, 0.3) is 0 Å². The number of rotatable bonds is 9. The molecule has 0 unspecified atom stereocenters. The number of hydrogen-bond donors (Lipinski definition) is 0. The number of aliphatic imine (C=N–C) groups is 1. The summed E-state index contributed by atoms with van der Waals surface area (Å²) in [5.74, 6) is 0.818. The predicted octanol–water partition coefficient (Wildman–Crippen LogP) is 25.9. The van der Waals surface area contributed by atoms with E-state index >= 15 is 0 Å². The Labute approximate surface area is 713 Å². The van der Waals surface area contributed by atoms with Crippen molar-refractivity contribution in [1.29, 1.82) is 0 Å². The summed E-state index contributed by atoms with van der Waals surface area (Å²) >= 11 is 0. The molecule has 0 bridgehead atoms. The van der Waals surface area contributed by atoms with Gasteiger partial charge in [0, 0.05) is 36.6 Å². The second kappa shape index (κ2) is 34.6. The molecule has 123 heavy (non-hydrogen) atoms. The van der Waals surface area contributed by atoms with Crippen LogP contribution >= 0.6 is 7.92 Å². The molecule has 1 aliphatic heterocycles. The van der Waals surface area contributed by atoms with E-state index in [2.05, 4.69) is 211 Å². The van der Waals surface area contributed by atoms with E-state index in [-0.39, 0.29) is 53.2 Å². The van der Waals surface area contributed by atoms with Crippen molar-refractivity contribution < 1.29 is 130 Å². The van der Waals surface area contributed by atoms with E-state index in [9.17, 15) is 105 Å². The first-order valence-corrected chi connectivity index (χ1v) is 40.9. The van der Waals surface area contributed by atoms with Crippen molar-refractivity contribution in [3.63, 3.8) is 0 Å². The first kappa shape index (κ1) is 96.6. The third-order valence-corrected chi connectivity index (χ3v) is 25.6. The Morgan fingerprint density at radius 2 is 0.602 bits per heavy atom. The summed E-state index contributed by atoms with van der Waals surface area (Å²) < 4.78 is 347. The van der Waals surface area contributed by atoms with Gasteiger partial charge in [-0.15, -0.1) is 0 Å². The van der Waals surface area contributed by atoms with Crippen molar-refractivity contribution in [2.75, 3.05) is 6.61 Å². The molecule has 1 radical (unpaired) electrons. The Bertz CT molecular complexity index is 4830. The van der Waals surface area contributed by atoms with E-state index in [0.717, 1.165) is 31.6 Å². The second-order valence-corrected chi connectivity index (χ2v) is 38.2. The number of benzene rings is 9. The molecule has 9 aromatic rings. The Morgan fingerprint density at radius 1 is 0.325 bits per heavy atom. The minimum atomic E-state index is -6.13. The quantitative estimate of drug-likeness (QED) is 0.0611. The normalized spacial score (nSPS) is 17.5. The van der Waals surface area contributed by atoms with Gasteiger partial charge in [0.05, 0.1) is 52.4 Å². The minimum Gasteiger partial charge on any atom is -0.475 e. The summed E-state index contributed by atoms with van der Waals surface area (Å²) in [6, 6.07) is 31.6. The average Bonchev–Trinajstić information content (AvgIpc) is 1.68. The molecule has 29 heteroatoms. The van der Waals surface area contributed by atoms with E-state index in [0.29, 0.717) is 6.61 Å². The van der Waals surface area contributed by atoms with Crippen LogP contribution in [0.5, 0.6) is 0 Å². The topological polar surface area (TPSA) is 21.6 Å². The van der Waals surface area contributed by atoms with Crippen LogP contribution in [0.1, 0.15) is 228 Å². The van der Waals surface area contributed by atoms with Gasteiger partial charge in [-0.05, 0) is 178 Å². The number of nitrogens with zero attached hydrogens (tertiary/aromatic N) is 1. The number of alkyl halides is 24. The molecule has 0 N–H and O–H groups in total. The maximum Gasteiger partial charge on any atom is 0.416 e. The summed E-state index contributed by atoms with van der Waals surface area (Å²) in [5, 5.41) is 4.56.